The molecule has 0 saturated carbocycles. The standard InChI is InChI=1S/C20H29F3N4O2/c1-24-11-13-25(14-12-24)8-2-3-16-15-18(27(28)29)4-5-19(16)26-9-6-17(7-10-26)20(21,22)23/h4-5,15,17H,2-3,6-14H2,1H3. The Morgan fingerprint density at radius 1 is 1.10 bits per heavy atom. The summed E-state index contributed by atoms with van der Waals surface area (Å²) in [6.07, 6.45) is -2.45. The number of benzene rings is 1. The molecule has 29 heavy (non-hydrogen) atoms. The number of nitro groups is 1. The molecule has 0 unspecified atom stereocenters. The van der Waals surface area contributed by atoms with Crippen LogP contribution in [0.5, 0.6) is 0 Å². The number of hydrogen-bond acceptors (Lipinski definition) is 5. The van der Waals surface area contributed by atoms with E-state index in [1.165, 1.54) is 6.07 Å². The molecule has 0 N–H and O–H groups in total. The molecule has 162 valence electrons. The maximum atomic E-state index is 13.0. The highest BCUT2D eigenvalue weighted by Crippen LogP contribution is 2.37. The van der Waals surface area contributed by atoms with Crippen molar-refractivity contribution in [3.8, 4) is 0 Å². The third-order valence-corrected chi connectivity index (χ3v) is 6.09. The monoisotopic (exact) mass is 414 g/mol. The number of nitrogens with zero attached hydrogens (tertiary/aromatic N) is 4. The smallest absolute Gasteiger partial charge is 0.371 e. The van der Waals surface area contributed by atoms with Gasteiger partial charge in [-0.2, -0.15) is 13.2 Å². The summed E-state index contributed by atoms with van der Waals surface area (Å²) in [5.41, 5.74) is 1.74. The SMILES string of the molecule is CN1CCN(CCCc2cc([N+](=O)[O-])ccc2N2CCC(C(F)(F)F)CC2)CC1. The first-order valence-electron chi connectivity index (χ1n) is 10.2. The van der Waals surface area contributed by atoms with Gasteiger partial charge in [-0.25, -0.2) is 0 Å². The Kier molecular flexibility index (Phi) is 7.00. The van der Waals surface area contributed by atoms with Crippen LogP contribution < -0.4 is 4.90 Å². The summed E-state index contributed by atoms with van der Waals surface area (Å²) >= 11 is 0. The van der Waals surface area contributed by atoms with E-state index in [-0.39, 0.29) is 18.5 Å². The molecule has 0 aromatic heterocycles. The second-order valence-corrected chi connectivity index (χ2v) is 8.12. The Morgan fingerprint density at radius 3 is 2.34 bits per heavy atom. The summed E-state index contributed by atoms with van der Waals surface area (Å²) in [6, 6.07) is 4.75. The average Bonchev–Trinajstić information content (AvgIpc) is 2.69. The predicted molar refractivity (Wildman–Crippen MR) is 106 cm³/mol. The number of aryl methyl sites for hydroxylation is 1. The Hall–Kier alpha value is -1.87. The molecule has 2 heterocycles. The molecule has 3 rings (SSSR count). The first kappa shape index (κ1) is 21.8. The molecule has 0 spiro atoms. The third kappa shape index (κ3) is 5.82. The fourth-order valence-corrected chi connectivity index (χ4v) is 4.21. The number of non-ortho nitro benzene ring substituents is 1. The van der Waals surface area contributed by atoms with Crippen molar-refractivity contribution in [2.75, 3.05) is 57.8 Å². The third-order valence-electron chi connectivity index (χ3n) is 6.09. The van der Waals surface area contributed by atoms with Crippen molar-refractivity contribution in [3.63, 3.8) is 0 Å². The Bertz CT molecular complexity index is 697. The molecule has 0 radical (unpaired) electrons. The maximum absolute atomic E-state index is 13.0. The van der Waals surface area contributed by atoms with Crippen LogP contribution in [0.4, 0.5) is 24.5 Å². The highest BCUT2D eigenvalue weighted by Gasteiger charge is 2.41. The van der Waals surface area contributed by atoms with Gasteiger partial charge in [0.25, 0.3) is 5.69 Å². The first-order valence-corrected chi connectivity index (χ1v) is 10.2. The number of anilines is 1. The number of piperazine rings is 1. The van der Waals surface area contributed by atoms with E-state index in [4.69, 9.17) is 0 Å². The van der Waals surface area contributed by atoms with Crippen LogP contribution in [0.2, 0.25) is 0 Å². The molecule has 2 fully saturated rings. The Morgan fingerprint density at radius 2 is 1.76 bits per heavy atom. The van der Waals surface area contributed by atoms with Crippen LogP contribution in [0, 0.1) is 16.0 Å². The van der Waals surface area contributed by atoms with E-state index < -0.39 is 17.0 Å². The minimum atomic E-state index is -4.15. The number of piperidine rings is 1. The molecule has 1 aromatic carbocycles. The van der Waals surface area contributed by atoms with E-state index in [1.54, 1.807) is 12.1 Å². The molecule has 0 amide bonds. The van der Waals surface area contributed by atoms with Gasteiger partial charge >= 0.3 is 6.18 Å². The molecule has 9 heteroatoms. The van der Waals surface area contributed by atoms with E-state index >= 15 is 0 Å². The summed E-state index contributed by atoms with van der Waals surface area (Å²) in [5.74, 6) is -1.25. The molecular weight excluding hydrogens is 385 g/mol. The zero-order chi connectivity index (χ0) is 21.0. The molecule has 2 saturated heterocycles. The lowest BCUT2D eigenvalue weighted by Crippen LogP contribution is -2.44. The summed E-state index contributed by atoms with van der Waals surface area (Å²) in [4.78, 5) is 17.4. The molecule has 0 bridgehead atoms. The van der Waals surface area contributed by atoms with Crippen molar-refractivity contribution < 1.29 is 18.1 Å². The second-order valence-electron chi connectivity index (χ2n) is 8.12. The van der Waals surface area contributed by atoms with E-state index in [0.717, 1.165) is 50.4 Å². The van der Waals surface area contributed by atoms with Crippen LogP contribution in [0.3, 0.4) is 0 Å². The zero-order valence-corrected chi connectivity index (χ0v) is 16.8. The van der Waals surface area contributed by atoms with Gasteiger partial charge in [-0.3, -0.25) is 10.1 Å². The van der Waals surface area contributed by atoms with Gasteiger partial charge in [-0.05, 0) is 50.9 Å². The molecule has 0 atom stereocenters. The van der Waals surface area contributed by atoms with Crippen LogP contribution in [-0.2, 0) is 6.42 Å². The van der Waals surface area contributed by atoms with Crippen molar-refractivity contribution in [1.82, 2.24) is 9.80 Å². The fourth-order valence-electron chi connectivity index (χ4n) is 4.21. The van der Waals surface area contributed by atoms with Crippen LogP contribution in [-0.4, -0.2) is 73.8 Å². The molecule has 1 aromatic rings. The normalized spacial score (nSPS) is 20.2. The number of nitro benzene ring substituents is 1. The molecule has 2 aliphatic heterocycles. The van der Waals surface area contributed by atoms with Crippen molar-refractivity contribution in [3.05, 3.63) is 33.9 Å². The average molecular weight is 414 g/mol. The molecule has 2 aliphatic rings. The topological polar surface area (TPSA) is 52.9 Å². The molecule has 0 aliphatic carbocycles. The van der Waals surface area contributed by atoms with Crippen LogP contribution >= 0.6 is 0 Å². The number of likely N-dealkylation sites (N-methyl/N-ethyl adjacent to an activating group) is 1. The second kappa shape index (κ2) is 9.30. The van der Waals surface area contributed by atoms with Crippen LogP contribution in [0.15, 0.2) is 18.2 Å². The van der Waals surface area contributed by atoms with Gasteiger partial charge in [0.15, 0.2) is 0 Å². The lowest BCUT2D eigenvalue weighted by molar-refractivity contribution is -0.384. The first-order chi connectivity index (χ1) is 13.7. The maximum Gasteiger partial charge on any atom is 0.391 e. The van der Waals surface area contributed by atoms with E-state index in [2.05, 4.69) is 16.8 Å². The summed E-state index contributed by atoms with van der Waals surface area (Å²) in [6.45, 7) is 5.69. The Balaban J connectivity index is 1.65. The lowest BCUT2D eigenvalue weighted by Gasteiger charge is -2.35. The quantitative estimate of drug-likeness (QED) is 0.526. The van der Waals surface area contributed by atoms with Gasteiger partial charge < -0.3 is 14.7 Å². The largest absolute Gasteiger partial charge is 0.391 e. The summed E-state index contributed by atoms with van der Waals surface area (Å²) in [7, 11) is 2.11. The summed E-state index contributed by atoms with van der Waals surface area (Å²) in [5, 5.41) is 11.2. The molecule has 6 nitrogen and oxygen atoms in total. The fraction of sp³-hybridized carbons (Fsp3) is 0.700. The van der Waals surface area contributed by atoms with Gasteiger partial charge in [0.05, 0.1) is 10.8 Å². The van der Waals surface area contributed by atoms with Crippen molar-refractivity contribution in [2.45, 2.75) is 31.9 Å². The van der Waals surface area contributed by atoms with Gasteiger partial charge in [-0.15, -0.1) is 0 Å². The van der Waals surface area contributed by atoms with Gasteiger partial charge in [-0.1, -0.05) is 0 Å². The van der Waals surface area contributed by atoms with Crippen molar-refractivity contribution >= 4 is 11.4 Å². The van der Waals surface area contributed by atoms with E-state index in [9.17, 15) is 23.3 Å². The van der Waals surface area contributed by atoms with Crippen LogP contribution in [0.25, 0.3) is 0 Å². The van der Waals surface area contributed by atoms with Gasteiger partial charge in [0.2, 0.25) is 0 Å². The summed E-state index contributed by atoms with van der Waals surface area (Å²) < 4.78 is 38.9. The van der Waals surface area contributed by atoms with E-state index in [0.29, 0.717) is 19.5 Å². The van der Waals surface area contributed by atoms with Crippen LogP contribution in [0.1, 0.15) is 24.8 Å². The zero-order valence-electron chi connectivity index (χ0n) is 16.8. The van der Waals surface area contributed by atoms with Gasteiger partial charge in [0, 0.05) is 57.1 Å². The number of alkyl halides is 3. The van der Waals surface area contributed by atoms with E-state index in [1.807, 2.05) is 4.90 Å². The predicted octanol–water partition coefficient (Wildman–Crippen LogP) is 3.55. The number of halogens is 3. The van der Waals surface area contributed by atoms with Crippen molar-refractivity contribution in [2.24, 2.45) is 5.92 Å². The lowest BCUT2D eigenvalue weighted by atomic mass is 9.95. The van der Waals surface area contributed by atoms with Crippen molar-refractivity contribution in [1.29, 1.82) is 0 Å². The highest BCUT2D eigenvalue weighted by molar-refractivity contribution is 5.58. The number of hydrogen-bond donors (Lipinski definition) is 0. The molecular formula is C20H29F3N4O2. The van der Waals surface area contributed by atoms with Gasteiger partial charge in [0.1, 0.15) is 0 Å². The highest BCUT2D eigenvalue weighted by atomic mass is 19.4. The minimum absolute atomic E-state index is 0.0357. The number of rotatable bonds is 6. The minimum Gasteiger partial charge on any atom is -0.371 e. The Labute approximate surface area is 169 Å².